The normalized spacial score (nSPS) is 10.9. The molecule has 5 nitrogen and oxygen atoms in total. The number of carbonyl (C=O) groups is 2. The van der Waals surface area contributed by atoms with E-state index >= 15 is 0 Å². The zero-order chi connectivity index (χ0) is 23.2. The van der Waals surface area contributed by atoms with E-state index in [1.165, 1.54) is 0 Å². The molecular formula is C27H30O5. The Morgan fingerprint density at radius 3 is 1.97 bits per heavy atom. The Bertz CT molecular complexity index is 924. The SMILES string of the molecule is C=C/C=C(\C=C)CCC(=O)c1ccc(OCCCOc2ccc(CCC(=O)O)cc2)cc1. The van der Waals surface area contributed by atoms with E-state index in [9.17, 15) is 9.59 Å². The molecule has 1 N–H and O–H groups in total. The fourth-order valence-electron chi connectivity index (χ4n) is 2.99. The summed E-state index contributed by atoms with van der Waals surface area (Å²) in [5.41, 5.74) is 2.62. The Kier molecular flexibility index (Phi) is 10.5. The minimum Gasteiger partial charge on any atom is -0.493 e. The molecule has 0 atom stereocenters. The van der Waals surface area contributed by atoms with Gasteiger partial charge in [0.25, 0.3) is 0 Å². The molecule has 32 heavy (non-hydrogen) atoms. The van der Waals surface area contributed by atoms with Gasteiger partial charge in [0.15, 0.2) is 5.78 Å². The van der Waals surface area contributed by atoms with Gasteiger partial charge in [-0.15, -0.1) is 0 Å². The van der Waals surface area contributed by atoms with Crippen molar-refractivity contribution in [2.24, 2.45) is 0 Å². The van der Waals surface area contributed by atoms with Crippen LogP contribution < -0.4 is 9.47 Å². The molecule has 168 valence electrons. The van der Waals surface area contributed by atoms with Gasteiger partial charge in [-0.05, 0) is 60.4 Å². The number of Topliss-reactive ketones (excluding diaryl/α,β-unsaturated/α-hetero) is 1. The molecule has 0 fully saturated rings. The number of ketones is 1. The van der Waals surface area contributed by atoms with Gasteiger partial charge in [0, 0.05) is 24.8 Å². The Morgan fingerprint density at radius 1 is 0.844 bits per heavy atom. The fraction of sp³-hybridized carbons (Fsp3) is 0.259. The third-order valence-corrected chi connectivity index (χ3v) is 4.79. The molecule has 0 aliphatic carbocycles. The van der Waals surface area contributed by atoms with E-state index in [-0.39, 0.29) is 12.2 Å². The number of aryl methyl sites for hydroxylation is 1. The lowest BCUT2D eigenvalue weighted by atomic mass is 10.0. The van der Waals surface area contributed by atoms with Crippen molar-refractivity contribution in [2.45, 2.75) is 32.1 Å². The van der Waals surface area contributed by atoms with Gasteiger partial charge < -0.3 is 14.6 Å². The number of carbonyl (C=O) groups excluding carboxylic acids is 1. The number of allylic oxidation sites excluding steroid dienone is 4. The van der Waals surface area contributed by atoms with Crippen molar-refractivity contribution in [1.29, 1.82) is 0 Å². The average Bonchev–Trinajstić information content (AvgIpc) is 2.81. The number of carboxylic acids is 1. The first-order valence-electron chi connectivity index (χ1n) is 10.7. The Balaban J connectivity index is 1.67. The lowest BCUT2D eigenvalue weighted by Gasteiger charge is -2.09. The number of aliphatic carboxylic acids is 1. The van der Waals surface area contributed by atoms with E-state index in [0.29, 0.717) is 50.2 Å². The van der Waals surface area contributed by atoms with Crippen molar-refractivity contribution in [3.8, 4) is 11.5 Å². The van der Waals surface area contributed by atoms with Crippen molar-refractivity contribution in [3.05, 3.63) is 96.6 Å². The number of ether oxygens (including phenoxy) is 2. The Hall–Kier alpha value is -3.60. The van der Waals surface area contributed by atoms with E-state index in [0.717, 1.165) is 16.9 Å². The van der Waals surface area contributed by atoms with E-state index in [2.05, 4.69) is 13.2 Å². The quantitative estimate of drug-likeness (QED) is 0.217. The molecule has 0 amide bonds. The predicted octanol–water partition coefficient (Wildman–Crippen LogP) is 5.81. The number of hydrogen-bond donors (Lipinski definition) is 1. The molecule has 2 aromatic carbocycles. The van der Waals surface area contributed by atoms with Gasteiger partial charge in [-0.25, -0.2) is 0 Å². The highest BCUT2D eigenvalue weighted by Gasteiger charge is 2.07. The minimum absolute atomic E-state index is 0.0794. The fourth-order valence-corrected chi connectivity index (χ4v) is 2.99. The minimum atomic E-state index is -0.801. The largest absolute Gasteiger partial charge is 0.493 e. The van der Waals surface area contributed by atoms with Gasteiger partial charge in [-0.2, -0.15) is 0 Å². The summed E-state index contributed by atoms with van der Waals surface area (Å²) in [4.78, 5) is 22.9. The first-order chi connectivity index (χ1) is 15.5. The Morgan fingerprint density at radius 2 is 1.44 bits per heavy atom. The van der Waals surface area contributed by atoms with Crippen LogP contribution in [0.2, 0.25) is 0 Å². The lowest BCUT2D eigenvalue weighted by Crippen LogP contribution is -2.05. The van der Waals surface area contributed by atoms with Crippen LogP contribution in [0, 0.1) is 0 Å². The summed E-state index contributed by atoms with van der Waals surface area (Å²) in [7, 11) is 0. The van der Waals surface area contributed by atoms with Crippen molar-refractivity contribution in [3.63, 3.8) is 0 Å². The van der Waals surface area contributed by atoms with E-state index in [1.807, 2.05) is 30.3 Å². The van der Waals surface area contributed by atoms with Crippen LogP contribution in [0.3, 0.4) is 0 Å². The second-order valence-corrected chi connectivity index (χ2v) is 7.22. The molecular weight excluding hydrogens is 404 g/mol. The molecule has 2 rings (SSSR count). The maximum absolute atomic E-state index is 12.3. The molecule has 0 aromatic heterocycles. The molecule has 2 aromatic rings. The maximum Gasteiger partial charge on any atom is 0.303 e. The van der Waals surface area contributed by atoms with Crippen molar-refractivity contribution in [2.75, 3.05) is 13.2 Å². The summed E-state index contributed by atoms with van der Waals surface area (Å²) >= 11 is 0. The van der Waals surface area contributed by atoms with Crippen molar-refractivity contribution in [1.82, 2.24) is 0 Å². The number of benzene rings is 2. The number of carboxylic acid groups (broad SMARTS) is 1. The standard InChI is InChI=1S/C27H30O5/c1-3-6-21(4-2)9-17-26(28)23-11-15-25(16-12-23)32-20-5-19-31-24-13-7-22(8-14-24)10-18-27(29)30/h3-4,6-8,11-16H,1-2,5,9-10,17-20H2,(H,29,30)/b21-6+. The molecule has 0 saturated carbocycles. The second kappa shape index (κ2) is 13.7. The molecule has 0 aliphatic rings. The van der Waals surface area contributed by atoms with Crippen LogP contribution >= 0.6 is 0 Å². The molecule has 0 spiro atoms. The molecule has 0 bridgehead atoms. The van der Waals surface area contributed by atoms with Crippen LogP contribution in [0.25, 0.3) is 0 Å². The van der Waals surface area contributed by atoms with Crippen LogP contribution in [0.5, 0.6) is 11.5 Å². The highest BCUT2D eigenvalue weighted by molar-refractivity contribution is 5.96. The van der Waals surface area contributed by atoms with Crippen molar-refractivity contribution < 1.29 is 24.2 Å². The van der Waals surface area contributed by atoms with E-state index in [1.54, 1.807) is 36.4 Å². The van der Waals surface area contributed by atoms with Gasteiger partial charge in [-0.3, -0.25) is 9.59 Å². The zero-order valence-electron chi connectivity index (χ0n) is 18.3. The van der Waals surface area contributed by atoms with Crippen LogP contribution in [0.1, 0.15) is 41.6 Å². The molecule has 0 unspecified atom stereocenters. The summed E-state index contributed by atoms with van der Waals surface area (Å²) in [6, 6.07) is 14.6. The average molecular weight is 435 g/mol. The van der Waals surface area contributed by atoms with Gasteiger partial charge >= 0.3 is 5.97 Å². The molecule has 5 heteroatoms. The zero-order valence-corrected chi connectivity index (χ0v) is 18.3. The first-order valence-corrected chi connectivity index (χ1v) is 10.7. The highest BCUT2D eigenvalue weighted by atomic mass is 16.5. The summed E-state index contributed by atoms with van der Waals surface area (Å²) in [5, 5.41) is 8.72. The Labute approximate surface area is 189 Å². The summed E-state index contributed by atoms with van der Waals surface area (Å²) in [6.45, 7) is 8.42. The monoisotopic (exact) mass is 434 g/mol. The molecule has 0 saturated heterocycles. The number of rotatable bonds is 15. The van der Waals surface area contributed by atoms with E-state index < -0.39 is 5.97 Å². The van der Waals surface area contributed by atoms with Crippen LogP contribution in [-0.2, 0) is 11.2 Å². The van der Waals surface area contributed by atoms with Crippen molar-refractivity contribution >= 4 is 11.8 Å². The van der Waals surface area contributed by atoms with Gasteiger partial charge in [-0.1, -0.05) is 43.5 Å². The van der Waals surface area contributed by atoms with Gasteiger partial charge in [0.05, 0.1) is 13.2 Å². The van der Waals surface area contributed by atoms with Crippen LogP contribution in [-0.4, -0.2) is 30.1 Å². The third kappa shape index (κ3) is 9.04. The van der Waals surface area contributed by atoms with Crippen LogP contribution in [0.15, 0.2) is 85.5 Å². The van der Waals surface area contributed by atoms with Gasteiger partial charge in [0.1, 0.15) is 11.5 Å². The predicted molar refractivity (Wildman–Crippen MR) is 126 cm³/mol. The topological polar surface area (TPSA) is 72.8 Å². The highest BCUT2D eigenvalue weighted by Crippen LogP contribution is 2.17. The molecule has 0 heterocycles. The summed E-state index contributed by atoms with van der Waals surface area (Å²) in [6.07, 6.45) is 7.69. The third-order valence-electron chi connectivity index (χ3n) is 4.79. The summed E-state index contributed by atoms with van der Waals surface area (Å²) in [5.74, 6) is 0.734. The first kappa shape index (κ1) is 24.7. The smallest absolute Gasteiger partial charge is 0.303 e. The van der Waals surface area contributed by atoms with Gasteiger partial charge in [0.2, 0.25) is 0 Å². The molecule has 0 aliphatic heterocycles. The molecule has 0 radical (unpaired) electrons. The summed E-state index contributed by atoms with van der Waals surface area (Å²) < 4.78 is 11.4. The van der Waals surface area contributed by atoms with Crippen LogP contribution in [0.4, 0.5) is 0 Å². The maximum atomic E-state index is 12.3. The lowest BCUT2D eigenvalue weighted by molar-refractivity contribution is -0.136. The second-order valence-electron chi connectivity index (χ2n) is 7.22. The number of hydrogen-bond acceptors (Lipinski definition) is 4. The van der Waals surface area contributed by atoms with E-state index in [4.69, 9.17) is 14.6 Å².